The van der Waals surface area contributed by atoms with Crippen LogP contribution in [0.4, 0.5) is 0 Å². The van der Waals surface area contributed by atoms with Crippen molar-refractivity contribution in [3.63, 3.8) is 0 Å². The molecule has 0 bridgehead atoms. The van der Waals surface area contributed by atoms with E-state index in [2.05, 4.69) is 24.0 Å². The Labute approximate surface area is 176 Å². The van der Waals surface area contributed by atoms with Gasteiger partial charge in [-0.1, -0.05) is 54.5 Å². The van der Waals surface area contributed by atoms with E-state index in [0.29, 0.717) is 30.8 Å². The van der Waals surface area contributed by atoms with E-state index in [4.69, 9.17) is 16.4 Å². The van der Waals surface area contributed by atoms with Crippen LogP contribution in [-0.4, -0.2) is 28.5 Å². The number of hydrogen-bond acceptors (Lipinski definition) is 2. The molecule has 2 aromatic carbocycles. The van der Waals surface area contributed by atoms with Gasteiger partial charge in [-0.2, -0.15) is 5.06 Å². The monoisotopic (exact) mass is 406 g/mol. The number of aromatic nitrogens is 1. The highest BCUT2D eigenvalue weighted by Gasteiger charge is 2.50. The van der Waals surface area contributed by atoms with Crippen LogP contribution in [0.15, 0.2) is 60.7 Å². The highest BCUT2D eigenvalue weighted by Crippen LogP contribution is 2.40. The molecule has 0 fully saturated rings. The minimum absolute atomic E-state index is 0.171. The summed E-state index contributed by atoms with van der Waals surface area (Å²) in [5.41, 5.74) is 1.92. The zero-order valence-electron chi connectivity index (χ0n) is 16.4. The molecule has 148 valence electrons. The van der Waals surface area contributed by atoms with Crippen molar-refractivity contribution >= 4 is 28.4 Å². The van der Waals surface area contributed by atoms with Crippen LogP contribution in [-0.2, 0) is 16.9 Å². The lowest BCUT2D eigenvalue weighted by Gasteiger charge is -2.33. The molecule has 0 spiro atoms. The number of carbonyl (C=O) groups excluding carboxylic acids is 1. The number of fused-ring (bicyclic) bond motifs is 3. The number of hydroxylamine groups is 2. The predicted octanol–water partition coefficient (Wildman–Crippen LogP) is 4.97. The molecule has 1 aliphatic rings. The van der Waals surface area contributed by atoms with Crippen LogP contribution >= 0.6 is 11.6 Å². The van der Waals surface area contributed by atoms with E-state index in [-0.39, 0.29) is 5.91 Å². The van der Waals surface area contributed by atoms with Gasteiger partial charge in [-0.3, -0.25) is 14.2 Å². The first-order valence-corrected chi connectivity index (χ1v) is 10.3. The first kappa shape index (κ1) is 19.6. The Hall–Kier alpha value is -2.74. The van der Waals surface area contributed by atoms with E-state index in [1.165, 1.54) is 17.7 Å². The molecule has 0 saturated heterocycles. The highest BCUT2D eigenvalue weighted by molar-refractivity contribution is 6.17. The minimum atomic E-state index is -0.893. The van der Waals surface area contributed by atoms with Gasteiger partial charge in [-0.15, -0.1) is 11.6 Å². The van der Waals surface area contributed by atoms with E-state index in [1.54, 1.807) is 0 Å². The van der Waals surface area contributed by atoms with E-state index in [1.807, 2.05) is 53.1 Å². The lowest BCUT2D eigenvalue weighted by atomic mass is 10.0. The summed E-state index contributed by atoms with van der Waals surface area (Å²) in [5, 5.41) is 2.43. The van der Waals surface area contributed by atoms with Gasteiger partial charge in [0.05, 0.1) is 12.6 Å². The number of halogens is 1. The van der Waals surface area contributed by atoms with Crippen LogP contribution in [0.2, 0.25) is 0 Å². The molecular formula is C24H23ClN2O2. The third kappa shape index (κ3) is 3.42. The van der Waals surface area contributed by atoms with Gasteiger partial charge >= 0.3 is 0 Å². The van der Waals surface area contributed by atoms with Crippen molar-refractivity contribution in [3.8, 4) is 11.8 Å². The summed E-state index contributed by atoms with van der Waals surface area (Å²) in [6.07, 6.45) is 2.88. The fourth-order valence-corrected chi connectivity index (χ4v) is 4.19. The Balaban J connectivity index is 1.76. The Morgan fingerprint density at radius 1 is 1.10 bits per heavy atom. The van der Waals surface area contributed by atoms with Gasteiger partial charge in [0.2, 0.25) is 5.66 Å². The molecule has 1 aromatic heterocycles. The maximum Gasteiger partial charge on any atom is 0.297 e. The van der Waals surface area contributed by atoms with Crippen LogP contribution in [0.1, 0.15) is 35.3 Å². The van der Waals surface area contributed by atoms with Crippen LogP contribution in [0.5, 0.6) is 0 Å². The number of hydrogen-bond donors (Lipinski definition) is 0. The average Bonchev–Trinajstić information content (AvgIpc) is 3.25. The van der Waals surface area contributed by atoms with Crippen molar-refractivity contribution in [1.82, 2.24) is 9.63 Å². The second kappa shape index (κ2) is 8.32. The van der Waals surface area contributed by atoms with Gasteiger partial charge < -0.3 is 0 Å². The number of nitrogens with zero attached hydrogens (tertiary/aromatic N) is 2. The molecular weight excluding hydrogens is 384 g/mol. The van der Waals surface area contributed by atoms with Gasteiger partial charge in [0, 0.05) is 24.1 Å². The summed E-state index contributed by atoms with van der Waals surface area (Å²) in [6, 6.07) is 20.2. The van der Waals surface area contributed by atoms with E-state index in [9.17, 15) is 4.79 Å². The van der Waals surface area contributed by atoms with Gasteiger partial charge in [-0.25, -0.2) is 0 Å². The molecule has 2 heterocycles. The van der Waals surface area contributed by atoms with Crippen molar-refractivity contribution in [2.45, 2.75) is 31.3 Å². The molecule has 0 radical (unpaired) electrons. The number of rotatable bonds is 6. The maximum atomic E-state index is 13.1. The Morgan fingerprint density at radius 2 is 1.86 bits per heavy atom. The Kier molecular flexibility index (Phi) is 5.62. The second-order valence-corrected chi connectivity index (χ2v) is 7.48. The van der Waals surface area contributed by atoms with Crippen molar-refractivity contribution in [2.75, 3.05) is 13.0 Å². The van der Waals surface area contributed by atoms with Crippen LogP contribution in [0, 0.1) is 11.8 Å². The van der Waals surface area contributed by atoms with Crippen molar-refractivity contribution < 1.29 is 9.63 Å². The number of alkyl halides is 1. The summed E-state index contributed by atoms with van der Waals surface area (Å²) >= 11 is 6.03. The number of carbonyl (C=O) groups is 1. The predicted molar refractivity (Wildman–Crippen MR) is 116 cm³/mol. The third-order valence-electron chi connectivity index (χ3n) is 5.33. The maximum absolute atomic E-state index is 13.1. The highest BCUT2D eigenvalue weighted by atomic mass is 35.5. The molecule has 0 N–H and O–H groups in total. The molecule has 5 heteroatoms. The number of para-hydroxylation sites is 1. The fourth-order valence-electron chi connectivity index (χ4n) is 4.06. The normalized spacial score (nSPS) is 18.0. The lowest BCUT2D eigenvalue weighted by Crippen LogP contribution is -2.45. The van der Waals surface area contributed by atoms with Gasteiger partial charge in [0.25, 0.3) is 5.91 Å². The zero-order chi connectivity index (χ0) is 20.3. The van der Waals surface area contributed by atoms with Gasteiger partial charge in [-0.05, 0) is 36.5 Å². The van der Waals surface area contributed by atoms with E-state index < -0.39 is 5.66 Å². The molecule has 1 amide bonds. The third-order valence-corrected chi connectivity index (χ3v) is 5.60. The summed E-state index contributed by atoms with van der Waals surface area (Å²) in [7, 11) is 1.52. The first-order chi connectivity index (χ1) is 14.2. The fraction of sp³-hybridized carbons (Fsp3) is 0.292. The molecule has 0 saturated carbocycles. The smallest absolute Gasteiger partial charge is 0.297 e. The average molecular weight is 407 g/mol. The number of aryl methyl sites for hydroxylation is 1. The standard InChI is InChI=1S/C24H23ClN2O2/c1-29-27-23(28)22-18-20-13-5-6-14-21(20)26(22)24(27,16-9-17-25)15-8-7-12-19-10-3-2-4-11-19/h2-6,10-11,13-14,18H,7,9,12,16-17H2,1H3. The molecule has 1 unspecified atom stereocenters. The molecule has 4 nitrogen and oxygen atoms in total. The zero-order valence-corrected chi connectivity index (χ0v) is 17.2. The van der Waals surface area contributed by atoms with Gasteiger partial charge in [0.15, 0.2) is 0 Å². The summed E-state index contributed by atoms with van der Waals surface area (Å²) in [6.45, 7) is 0. The SMILES string of the molecule is CON1C(=O)c2cc3ccccc3n2C1(C#CCCc1ccccc1)CCCCl. The second-order valence-electron chi connectivity index (χ2n) is 7.10. The van der Waals surface area contributed by atoms with E-state index in [0.717, 1.165) is 17.3 Å². The summed E-state index contributed by atoms with van der Waals surface area (Å²) in [4.78, 5) is 18.7. The first-order valence-electron chi connectivity index (χ1n) is 9.81. The molecule has 1 aliphatic heterocycles. The van der Waals surface area contributed by atoms with Crippen LogP contribution in [0.25, 0.3) is 10.9 Å². The summed E-state index contributed by atoms with van der Waals surface area (Å²) in [5.74, 6) is 7.04. The van der Waals surface area contributed by atoms with Crippen molar-refractivity contribution in [1.29, 1.82) is 0 Å². The largest absolute Gasteiger partial charge is 0.300 e. The van der Waals surface area contributed by atoms with E-state index >= 15 is 0 Å². The molecule has 3 aromatic rings. The molecule has 29 heavy (non-hydrogen) atoms. The van der Waals surface area contributed by atoms with Crippen LogP contribution < -0.4 is 0 Å². The number of amides is 1. The van der Waals surface area contributed by atoms with Crippen LogP contribution in [0.3, 0.4) is 0 Å². The van der Waals surface area contributed by atoms with Crippen molar-refractivity contribution in [2.24, 2.45) is 0 Å². The minimum Gasteiger partial charge on any atom is -0.300 e. The van der Waals surface area contributed by atoms with Crippen molar-refractivity contribution in [3.05, 3.63) is 71.9 Å². The molecule has 1 atom stereocenters. The Morgan fingerprint density at radius 3 is 2.62 bits per heavy atom. The molecule has 4 rings (SSSR count). The molecule has 0 aliphatic carbocycles. The Bertz CT molecular complexity index is 1080. The lowest BCUT2D eigenvalue weighted by molar-refractivity contribution is -0.160. The topological polar surface area (TPSA) is 34.5 Å². The number of benzene rings is 2. The summed E-state index contributed by atoms with van der Waals surface area (Å²) < 4.78 is 2.02. The van der Waals surface area contributed by atoms with Gasteiger partial charge in [0.1, 0.15) is 5.69 Å². The quantitative estimate of drug-likeness (QED) is 0.428.